The summed E-state index contributed by atoms with van der Waals surface area (Å²) >= 11 is 0. The zero-order valence-corrected chi connectivity index (χ0v) is 14.7. The van der Waals surface area contributed by atoms with E-state index in [9.17, 15) is 18.0 Å². The molecule has 0 saturated heterocycles. The molecule has 1 rings (SSSR count). The second-order valence-electron chi connectivity index (χ2n) is 4.86. The molecule has 0 bridgehead atoms. The average Bonchev–Trinajstić information content (AvgIpc) is 2.55. The van der Waals surface area contributed by atoms with Crippen LogP contribution in [0.2, 0.25) is 0 Å². The number of benzene rings is 1. The fourth-order valence-corrected chi connectivity index (χ4v) is 2.77. The number of ether oxygens (including phenoxy) is 2. The van der Waals surface area contributed by atoms with Crippen LogP contribution in [0, 0.1) is 0 Å². The molecule has 134 valence electrons. The Bertz CT molecular complexity index is 657. The summed E-state index contributed by atoms with van der Waals surface area (Å²) in [6.45, 7) is 3.81. The number of carbonyl (C=O) groups is 2. The SMILES string of the molecule is CCOC(=O)C(C)NC(=O)c1ccc(S(=O)(=O)NCCOC)cc1. The van der Waals surface area contributed by atoms with Gasteiger partial charge in [-0.25, -0.2) is 17.9 Å². The summed E-state index contributed by atoms with van der Waals surface area (Å²) in [6, 6.07) is 4.59. The van der Waals surface area contributed by atoms with Gasteiger partial charge in [0, 0.05) is 19.2 Å². The van der Waals surface area contributed by atoms with Crippen molar-refractivity contribution in [2.45, 2.75) is 24.8 Å². The van der Waals surface area contributed by atoms with Gasteiger partial charge in [-0.05, 0) is 38.1 Å². The Labute approximate surface area is 141 Å². The summed E-state index contributed by atoms with van der Waals surface area (Å²) in [5.74, 6) is -1.03. The van der Waals surface area contributed by atoms with Gasteiger partial charge < -0.3 is 14.8 Å². The van der Waals surface area contributed by atoms with Gasteiger partial charge in [-0.15, -0.1) is 0 Å². The highest BCUT2D eigenvalue weighted by molar-refractivity contribution is 7.89. The lowest BCUT2D eigenvalue weighted by molar-refractivity contribution is -0.144. The summed E-state index contributed by atoms with van der Waals surface area (Å²) < 4.78 is 35.9. The fourth-order valence-electron chi connectivity index (χ4n) is 1.75. The third kappa shape index (κ3) is 5.91. The lowest BCUT2D eigenvalue weighted by atomic mass is 10.2. The van der Waals surface area contributed by atoms with Gasteiger partial charge in [0.25, 0.3) is 5.91 Å². The maximum absolute atomic E-state index is 12.0. The van der Waals surface area contributed by atoms with Crippen LogP contribution in [0.1, 0.15) is 24.2 Å². The minimum Gasteiger partial charge on any atom is -0.464 e. The van der Waals surface area contributed by atoms with E-state index in [1.165, 1.54) is 38.3 Å². The molecule has 9 heteroatoms. The van der Waals surface area contributed by atoms with Crippen molar-refractivity contribution >= 4 is 21.9 Å². The summed E-state index contributed by atoms with van der Waals surface area (Å²) in [4.78, 5) is 23.6. The molecule has 1 atom stereocenters. The fraction of sp³-hybridized carbons (Fsp3) is 0.467. The Kier molecular flexibility index (Phi) is 7.83. The quantitative estimate of drug-likeness (QED) is 0.485. The summed E-state index contributed by atoms with van der Waals surface area (Å²) in [5, 5.41) is 2.49. The van der Waals surface area contributed by atoms with E-state index < -0.39 is 27.9 Å². The lowest BCUT2D eigenvalue weighted by Crippen LogP contribution is -2.39. The molecule has 0 saturated carbocycles. The number of methoxy groups -OCH3 is 1. The van der Waals surface area contributed by atoms with E-state index in [2.05, 4.69) is 10.0 Å². The van der Waals surface area contributed by atoms with E-state index in [4.69, 9.17) is 9.47 Å². The maximum Gasteiger partial charge on any atom is 0.328 e. The number of rotatable bonds is 9. The smallest absolute Gasteiger partial charge is 0.328 e. The maximum atomic E-state index is 12.0. The first-order valence-electron chi connectivity index (χ1n) is 7.38. The van der Waals surface area contributed by atoms with Gasteiger partial charge in [-0.3, -0.25) is 4.79 Å². The van der Waals surface area contributed by atoms with Crippen LogP contribution in [-0.4, -0.2) is 53.2 Å². The Morgan fingerprint density at radius 3 is 2.38 bits per heavy atom. The van der Waals surface area contributed by atoms with Crippen LogP contribution < -0.4 is 10.0 Å². The van der Waals surface area contributed by atoms with Crippen LogP contribution in [-0.2, 0) is 24.3 Å². The Morgan fingerprint density at radius 1 is 1.21 bits per heavy atom. The molecule has 2 N–H and O–H groups in total. The Morgan fingerprint density at radius 2 is 1.83 bits per heavy atom. The van der Waals surface area contributed by atoms with E-state index in [0.29, 0.717) is 0 Å². The molecule has 8 nitrogen and oxygen atoms in total. The molecule has 0 aliphatic carbocycles. The van der Waals surface area contributed by atoms with E-state index in [1.54, 1.807) is 6.92 Å². The monoisotopic (exact) mass is 358 g/mol. The van der Waals surface area contributed by atoms with Gasteiger partial charge in [-0.1, -0.05) is 0 Å². The van der Waals surface area contributed by atoms with Gasteiger partial charge in [0.2, 0.25) is 10.0 Å². The van der Waals surface area contributed by atoms with Gasteiger partial charge >= 0.3 is 5.97 Å². The molecular weight excluding hydrogens is 336 g/mol. The lowest BCUT2D eigenvalue weighted by Gasteiger charge is -2.13. The minimum absolute atomic E-state index is 0.0357. The highest BCUT2D eigenvalue weighted by Gasteiger charge is 2.18. The molecule has 0 heterocycles. The summed E-state index contributed by atoms with van der Waals surface area (Å²) in [5.41, 5.74) is 0.238. The molecule has 1 unspecified atom stereocenters. The molecule has 0 spiro atoms. The van der Waals surface area contributed by atoms with Gasteiger partial charge in [0.05, 0.1) is 18.1 Å². The average molecular weight is 358 g/mol. The van der Waals surface area contributed by atoms with Crippen molar-refractivity contribution in [2.24, 2.45) is 0 Å². The van der Waals surface area contributed by atoms with Crippen LogP contribution in [0.5, 0.6) is 0 Å². The van der Waals surface area contributed by atoms with Crippen molar-refractivity contribution in [2.75, 3.05) is 26.9 Å². The largest absolute Gasteiger partial charge is 0.464 e. The molecular formula is C15H22N2O6S. The van der Waals surface area contributed by atoms with E-state index in [-0.39, 0.29) is 30.2 Å². The van der Waals surface area contributed by atoms with E-state index in [0.717, 1.165) is 0 Å². The van der Waals surface area contributed by atoms with Crippen molar-refractivity contribution < 1.29 is 27.5 Å². The molecule has 0 aromatic heterocycles. The zero-order valence-electron chi connectivity index (χ0n) is 13.9. The van der Waals surface area contributed by atoms with Crippen molar-refractivity contribution in [1.29, 1.82) is 0 Å². The predicted molar refractivity (Wildman–Crippen MR) is 87.1 cm³/mol. The molecule has 0 radical (unpaired) electrons. The van der Waals surface area contributed by atoms with Gasteiger partial charge in [0.1, 0.15) is 6.04 Å². The third-order valence-corrected chi connectivity index (χ3v) is 4.49. The van der Waals surface area contributed by atoms with Crippen LogP contribution in [0.15, 0.2) is 29.2 Å². The first-order valence-corrected chi connectivity index (χ1v) is 8.86. The zero-order chi connectivity index (χ0) is 18.2. The number of nitrogens with one attached hydrogen (secondary N) is 2. The van der Waals surface area contributed by atoms with Crippen LogP contribution in [0.3, 0.4) is 0 Å². The van der Waals surface area contributed by atoms with Crippen molar-refractivity contribution in [3.63, 3.8) is 0 Å². The van der Waals surface area contributed by atoms with Gasteiger partial charge in [0.15, 0.2) is 0 Å². The number of esters is 1. The molecule has 0 aliphatic rings. The molecule has 0 aliphatic heterocycles. The standard InChI is InChI=1S/C15H22N2O6S/c1-4-23-15(19)11(2)17-14(18)12-5-7-13(8-6-12)24(20,21)16-9-10-22-3/h5-8,11,16H,4,9-10H2,1-3H3,(H,17,18). The number of amides is 1. The topological polar surface area (TPSA) is 111 Å². The number of carbonyl (C=O) groups excluding carboxylic acids is 2. The molecule has 1 aromatic rings. The normalized spacial score (nSPS) is 12.5. The van der Waals surface area contributed by atoms with Gasteiger partial charge in [-0.2, -0.15) is 0 Å². The molecule has 1 amide bonds. The van der Waals surface area contributed by atoms with Crippen molar-refractivity contribution in [1.82, 2.24) is 10.0 Å². The second-order valence-corrected chi connectivity index (χ2v) is 6.63. The van der Waals surface area contributed by atoms with Crippen LogP contribution in [0.25, 0.3) is 0 Å². The Hall–Kier alpha value is -1.97. The Balaban J connectivity index is 2.73. The first-order chi connectivity index (χ1) is 11.3. The van der Waals surface area contributed by atoms with Crippen LogP contribution in [0.4, 0.5) is 0 Å². The van der Waals surface area contributed by atoms with Crippen molar-refractivity contribution in [3.05, 3.63) is 29.8 Å². The number of hydrogen-bond acceptors (Lipinski definition) is 6. The van der Waals surface area contributed by atoms with Crippen molar-refractivity contribution in [3.8, 4) is 0 Å². The van der Waals surface area contributed by atoms with E-state index >= 15 is 0 Å². The first kappa shape index (κ1) is 20.1. The molecule has 0 fully saturated rings. The molecule has 24 heavy (non-hydrogen) atoms. The molecule has 1 aromatic carbocycles. The third-order valence-electron chi connectivity index (χ3n) is 3.01. The minimum atomic E-state index is -3.65. The number of sulfonamides is 1. The second kappa shape index (κ2) is 9.36. The highest BCUT2D eigenvalue weighted by atomic mass is 32.2. The highest BCUT2D eigenvalue weighted by Crippen LogP contribution is 2.10. The van der Waals surface area contributed by atoms with E-state index in [1.807, 2.05) is 0 Å². The summed E-state index contributed by atoms with van der Waals surface area (Å²) in [6.07, 6.45) is 0. The van der Waals surface area contributed by atoms with Crippen LogP contribution >= 0.6 is 0 Å². The number of hydrogen-bond donors (Lipinski definition) is 2. The predicted octanol–water partition coefficient (Wildman–Crippen LogP) is 0.293. The summed E-state index contributed by atoms with van der Waals surface area (Å²) in [7, 11) is -2.18.